The monoisotopic (exact) mass is 305 g/mol. The zero-order valence-corrected chi connectivity index (χ0v) is 12.5. The van der Waals surface area contributed by atoms with Gasteiger partial charge in [-0.25, -0.2) is 12.7 Å². The molecule has 6 nitrogen and oxygen atoms in total. The molecule has 1 aromatic carbocycles. The standard InChI is InChI=1S/C14H15N3O3S/c1-17(2)21(19,20)13-8-4-3-7-12(13)16-14(18)11-6-5-9-15-10-11/h3-10H,1-2H3,(H,16,18). The first-order valence-electron chi connectivity index (χ1n) is 6.16. The van der Waals surface area contributed by atoms with E-state index in [2.05, 4.69) is 10.3 Å². The van der Waals surface area contributed by atoms with Gasteiger partial charge in [0, 0.05) is 26.5 Å². The molecule has 0 fully saturated rings. The molecular weight excluding hydrogens is 290 g/mol. The first-order chi connectivity index (χ1) is 9.93. The Kier molecular flexibility index (Phi) is 4.35. The number of pyridine rings is 1. The fourth-order valence-corrected chi connectivity index (χ4v) is 2.72. The number of hydrogen-bond donors (Lipinski definition) is 1. The third-order valence-electron chi connectivity index (χ3n) is 2.82. The Balaban J connectivity index is 2.36. The molecular formula is C14H15N3O3S. The first kappa shape index (κ1) is 15.1. The minimum Gasteiger partial charge on any atom is -0.321 e. The Bertz CT molecular complexity index is 743. The van der Waals surface area contributed by atoms with Gasteiger partial charge in [-0.05, 0) is 24.3 Å². The van der Waals surface area contributed by atoms with Gasteiger partial charge in [-0.1, -0.05) is 12.1 Å². The maximum absolute atomic E-state index is 12.2. The molecule has 0 spiro atoms. The first-order valence-corrected chi connectivity index (χ1v) is 7.60. The fraction of sp³-hybridized carbons (Fsp3) is 0.143. The summed E-state index contributed by atoms with van der Waals surface area (Å²) in [6.07, 6.45) is 2.97. The summed E-state index contributed by atoms with van der Waals surface area (Å²) >= 11 is 0. The Morgan fingerprint density at radius 1 is 1.14 bits per heavy atom. The summed E-state index contributed by atoms with van der Waals surface area (Å²) in [6, 6.07) is 9.51. The van der Waals surface area contributed by atoms with Crippen LogP contribution in [0.1, 0.15) is 10.4 Å². The van der Waals surface area contributed by atoms with Crippen molar-refractivity contribution in [1.29, 1.82) is 0 Å². The Morgan fingerprint density at radius 3 is 2.48 bits per heavy atom. The number of para-hydroxylation sites is 1. The third kappa shape index (κ3) is 3.26. The lowest BCUT2D eigenvalue weighted by atomic mass is 10.2. The van der Waals surface area contributed by atoms with E-state index >= 15 is 0 Å². The number of carbonyl (C=O) groups is 1. The van der Waals surface area contributed by atoms with Crippen LogP contribution in [0.3, 0.4) is 0 Å². The quantitative estimate of drug-likeness (QED) is 0.930. The van der Waals surface area contributed by atoms with Crippen molar-refractivity contribution in [3.63, 3.8) is 0 Å². The SMILES string of the molecule is CN(C)S(=O)(=O)c1ccccc1NC(=O)c1cccnc1. The maximum atomic E-state index is 12.2. The van der Waals surface area contributed by atoms with Crippen LogP contribution in [0.4, 0.5) is 5.69 Å². The van der Waals surface area contributed by atoms with Gasteiger partial charge in [0.2, 0.25) is 10.0 Å². The highest BCUT2D eigenvalue weighted by atomic mass is 32.2. The average Bonchev–Trinajstić information content (AvgIpc) is 2.48. The molecule has 0 unspecified atom stereocenters. The largest absolute Gasteiger partial charge is 0.321 e. The highest BCUT2D eigenvalue weighted by molar-refractivity contribution is 7.89. The van der Waals surface area contributed by atoms with Crippen molar-refractivity contribution in [3.8, 4) is 0 Å². The molecule has 1 heterocycles. The molecule has 7 heteroatoms. The predicted molar refractivity (Wildman–Crippen MR) is 79.5 cm³/mol. The molecule has 1 N–H and O–H groups in total. The number of aromatic nitrogens is 1. The summed E-state index contributed by atoms with van der Waals surface area (Å²) in [4.78, 5) is 16.0. The number of hydrogen-bond acceptors (Lipinski definition) is 4. The summed E-state index contributed by atoms with van der Waals surface area (Å²) in [5, 5.41) is 2.60. The molecule has 0 bridgehead atoms. The summed E-state index contributed by atoms with van der Waals surface area (Å²) in [6.45, 7) is 0. The summed E-state index contributed by atoms with van der Waals surface area (Å²) in [7, 11) is -0.753. The van der Waals surface area contributed by atoms with Gasteiger partial charge in [0.15, 0.2) is 0 Å². The molecule has 0 aliphatic heterocycles. The smallest absolute Gasteiger partial charge is 0.257 e. The maximum Gasteiger partial charge on any atom is 0.257 e. The second-order valence-corrected chi connectivity index (χ2v) is 6.60. The van der Waals surface area contributed by atoms with Crippen molar-refractivity contribution >= 4 is 21.6 Å². The van der Waals surface area contributed by atoms with Crippen LogP contribution in [-0.2, 0) is 10.0 Å². The number of carbonyl (C=O) groups excluding carboxylic acids is 1. The van der Waals surface area contributed by atoms with Crippen LogP contribution < -0.4 is 5.32 Å². The zero-order valence-electron chi connectivity index (χ0n) is 11.6. The van der Waals surface area contributed by atoms with Gasteiger partial charge in [0.25, 0.3) is 5.91 Å². The van der Waals surface area contributed by atoms with Crippen LogP contribution in [-0.4, -0.2) is 37.7 Å². The summed E-state index contributed by atoms with van der Waals surface area (Å²) in [5.74, 6) is -0.412. The van der Waals surface area contributed by atoms with Crippen molar-refractivity contribution in [2.45, 2.75) is 4.90 Å². The molecule has 0 aliphatic carbocycles. The Hall–Kier alpha value is -2.25. The van der Waals surface area contributed by atoms with Crippen LogP contribution >= 0.6 is 0 Å². The number of rotatable bonds is 4. The van der Waals surface area contributed by atoms with Gasteiger partial charge in [-0.3, -0.25) is 9.78 Å². The zero-order chi connectivity index (χ0) is 15.5. The highest BCUT2D eigenvalue weighted by Crippen LogP contribution is 2.23. The second-order valence-electron chi connectivity index (χ2n) is 4.48. The summed E-state index contributed by atoms with van der Waals surface area (Å²) in [5.41, 5.74) is 0.592. The van der Waals surface area contributed by atoms with Crippen LogP contribution in [0.2, 0.25) is 0 Å². The lowest BCUT2D eigenvalue weighted by Gasteiger charge is -2.15. The summed E-state index contributed by atoms with van der Waals surface area (Å²) < 4.78 is 25.6. The highest BCUT2D eigenvalue weighted by Gasteiger charge is 2.21. The number of anilines is 1. The van der Waals surface area contributed by atoms with E-state index in [0.29, 0.717) is 5.56 Å². The van der Waals surface area contributed by atoms with Gasteiger partial charge >= 0.3 is 0 Å². The van der Waals surface area contributed by atoms with E-state index < -0.39 is 15.9 Å². The lowest BCUT2D eigenvalue weighted by molar-refractivity contribution is 0.102. The van der Waals surface area contributed by atoms with Crippen molar-refractivity contribution in [2.75, 3.05) is 19.4 Å². The van der Waals surface area contributed by atoms with Gasteiger partial charge in [0.05, 0.1) is 11.3 Å². The number of nitrogens with one attached hydrogen (secondary N) is 1. The average molecular weight is 305 g/mol. The molecule has 0 radical (unpaired) electrons. The molecule has 21 heavy (non-hydrogen) atoms. The topological polar surface area (TPSA) is 79.4 Å². The van der Waals surface area contributed by atoms with Gasteiger partial charge in [0.1, 0.15) is 4.90 Å². The van der Waals surface area contributed by atoms with E-state index in [1.165, 1.54) is 26.4 Å². The van der Waals surface area contributed by atoms with Crippen LogP contribution in [0, 0.1) is 0 Å². The van der Waals surface area contributed by atoms with E-state index in [-0.39, 0.29) is 10.6 Å². The van der Waals surface area contributed by atoms with Gasteiger partial charge < -0.3 is 5.32 Å². The van der Waals surface area contributed by atoms with E-state index in [1.807, 2.05) is 0 Å². The Labute approximate surface area is 123 Å². The van der Waals surface area contributed by atoms with E-state index in [4.69, 9.17) is 0 Å². The van der Waals surface area contributed by atoms with E-state index in [1.54, 1.807) is 36.5 Å². The molecule has 1 amide bonds. The number of sulfonamides is 1. The molecule has 2 rings (SSSR count). The fourth-order valence-electron chi connectivity index (χ4n) is 1.68. The van der Waals surface area contributed by atoms with Gasteiger partial charge in [-0.2, -0.15) is 0 Å². The minimum absolute atomic E-state index is 0.0484. The molecule has 0 atom stereocenters. The minimum atomic E-state index is -3.63. The normalized spacial score (nSPS) is 11.4. The number of nitrogens with zero attached hydrogens (tertiary/aromatic N) is 2. The van der Waals surface area contributed by atoms with E-state index in [9.17, 15) is 13.2 Å². The lowest BCUT2D eigenvalue weighted by Crippen LogP contribution is -2.24. The molecule has 2 aromatic rings. The van der Waals surface area contributed by atoms with Gasteiger partial charge in [-0.15, -0.1) is 0 Å². The van der Waals surface area contributed by atoms with E-state index in [0.717, 1.165) is 4.31 Å². The Morgan fingerprint density at radius 2 is 1.86 bits per heavy atom. The van der Waals surface area contributed by atoms with Crippen LogP contribution in [0.15, 0.2) is 53.7 Å². The van der Waals surface area contributed by atoms with Crippen molar-refractivity contribution < 1.29 is 13.2 Å². The molecule has 0 aliphatic rings. The molecule has 0 saturated heterocycles. The number of benzene rings is 1. The molecule has 1 aromatic heterocycles. The second kappa shape index (κ2) is 6.02. The third-order valence-corrected chi connectivity index (χ3v) is 4.69. The van der Waals surface area contributed by atoms with Crippen molar-refractivity contribution in [1.82, 2.24) is 9.29 Å². The predicted octanol–water partition coefficient (Wildman–Crippen LogP) is 1.58. The number of amides is 1. The van der Waals surface area contributed by atoms with Crippen molar-refractivity contribution in [2.24, 2.45) is 0 Å². The molecule has 110 valence electrons. The van der Waals surface area contributed by atoms with Crippen LogP contribution in [0.25, 0.3) is 0 Å². The van der Waals surface area contributed by atoms with Crippen LogP contribution in [0.5, 0.6) is 0 Å². The van der Waals surface area contributed by atoms with Crippen molar-refractivity contribution in [3.05, 3.63) is 54.4 Å². The molecule has 0 saturated carbocycles.